The normalized spacial score (nSPS) is 13.5. The minimum atomic E-state index is -0.303. The summed E-state index contributed by atoms with van der Waals surface area (Å²) in [5.74, 6) is -0.303. The number of hydrogen-bond acceptors (Lipinski definition) is 3. The van der Waals surface area contributed by atoms with E-state index in [1.54, 1.807) is 6.92 Å². The second kappa shape index (κ2) is 11.9. The first-order chi connectivity index (χ1) is 11.5. The number of aromatic nitrogens is 2. The number of unbranched alkanes of at least 4 members (excludes halogenated alkanes) is 6. The number of rotatable bonds is 13. The van der Waals surface area contributed by atoms with Crippen molar-refractivity contribution in [3.8, 4) is 0 Å². The van der Waals surface area contributed by atoms with E-state index in [9.17, 15) is 4.79 Å². The molecule has 0 bridgehead atoms. The Morgan fingerprint density at radius 3 is 2.46 bits per heavy atom. The third-order valence-corrected chi connectivity index (χ3v) is 4.35. The topological polar surface area (TPSA) is 44.1 Å². The molecule has 0 radical (unpaired) electrons. The van der Waals surface area contributed by atoms with E-state index in [0.29, 0.717) is 11.6 Å². The lowest BCUT2D eigenvalue weighted by Crippen LogP contribution is -2.20. The average Bonchev–Trinajstić information content (AvgIpc) is 3.07. The Bertz CT molecular complexity index is 468. The molecule has 4 heteroatoms. The van der Waals surface area contributed by atoms with E-state index in [1.165, 1.54) is 44.9 Å². The highest BCUT2D eigenvalue weighted by Gasteiger charge is 2.17. The molecule has 0 aliphatic rings. The molecule has 2 unspecified atom stereocenters. The average molecular weight is 335 g/mol. The van der Waals surface area contributed by atoms with Crippen molar-refractivity contribution in [3.05, 3.63) is 30.9 Å². The fraction of sp³-hybridized carbons (Fsp3) is 0.700. The number of imidazole rings is 1. The smallest absolute Gasteiger partial charge is 0.333 e. The van der Waals surface area contributed by atoms with Gasteiger partial charge in [-0.2, -0.15) is 0 Å². The van der Waals surface area contributed by atoms with Gasteiger partial charge in [-0.25, -0.2) is 9.78 Å². The van der Waals surface area contributed by atoms with Crippen molar-refractivity contribution in [3.63, 3.8) is 0 Å². The van der Waals surface area contributed by atoms with E-state index >= 15 is 0 Å². The first-order valence-corrected chi connectivity index (χ1v) is 9.38. The van der Waals surface area contributed by atoms with Gasteiger partial charge in [0.15, 0.2) is 0 Å². The number of carbonyl (C=O) groups excluding carboxylic acids is 1. The van der Waals surface area contributed by atoms with Crippen LogP contribution in [0, 0.1) is 0 Å². The molecule has 0 spiro atoms. The second-order valence-electron chi connectivity index (χ2n) is 6.81. The van der Waals surface area contributed by atoms with Crippen LogP contribution in [0.5, 0.6) is 0 Å². The molecule has 4 nitrogen and oxygen atoms in total. The molecule has 2 atom stereocenters. The summed E-state index contributed by atoms with van der Waals surface area (Å²) in [5, 5.41) is 0. The van der Waals surface area contributed by atoms with E-state index in [1.807, 2.05) is 25.6 Å². The molecule has 24 heavy (non-hydrogen) atoms. The maximum absolute atomic E-state index is 11.7. The van der Waals surface area contributed by atoms with Gasteiger partial charge in [-0.1, -0.05) is 58.4 Å². The van der Waals surface area contributed by atoms with Gasteiger partial charge in [0.25, 0.3) is 0 Å². The first kappa shape index (κ1) is 20.5. The van der Waals surface area contributed by atoms with Crippen LogP contribution in [0.25, 0.3) is 0 Å². The predicted molar refractivity (Wildman–Crippen MR) is 98.9 cm³/mol. The monoisotopic (exact) mass is 334 g/mol. The third-order valence-electron chi connectivity index (χ3n) is 4.35. The van der Waals surface area contributed by atoms with Crippen LogP contribution in [0.2, 0.25) is 0 Å². The summed E-state index contributed by atoms with van der Waals surface area (Å²) in [5.41, 5.74) is 0.452. The predicted octanol–water partition coefficient (Wildman–Crippen LogP) is 5.46. The van der Waals surface area contributed by atoms with Gasteiger partial charge in [-0.3, -0.25) is 0 Å². The van der Waals surface area contributed by atoms with E-state index in [4.69, 9.17) is 4.74 Å². The maximum atomic E-state index is 11.7. The summed E-state index contributed by atoms with van der Waals surface area (Å²) in [4.78, 5) is 15.8. The summed E-state index contributed by atoms with van der Waals surface area (Å²) in [6.45, 7) is 9.52. The molecule has 0 amide bonds. The van der Waals surface area contributed by atoms with Crippen LogP contribution in [-0.4, -0.2) is 21.6 Å². The van der Waals surface area contributed by atoms with Crippen molar-refractivity contribution in [1.82, 2.24) is 9.55 Å². The van der Waals surface area contributed by atoms with Crippen molar-refractivity contribution in [1.29, 1.82) is 0 Å². The molecule has 0 fully saturated rings. The van der Waals surface area contributed by atoms with Crippen molar-refractivity contribution in [2.75, 3.05) is 0 Å². The van der Waals surface area contributed by atoms with Gasteiger partial charge in [-0.05, 0) is 20.3 Å². The summed E-state index contributed by atoms with van der Waals surface area (Å²) < 4.78 is 7.58. The highest BCUT2D eigenvalue weighted by molar-refractivity contribution is 5.87. The van der Waals surface area contributed by atoms with E-state index < -0.39 is 0 Å². The van der Waals surface area contributed by atoms with Crippen molar-refractivity contribution in [2.45, 2.75) is 90.7 Å². The van der Waals surface area contributed by atoms with Crippen LogP contribution in [0.1, 0.15) is 84.6 Å². The van der Waals surface area contributed by atoms with E-state index in [2.05, 4.69) is 23.1 Å². The lowest BCUT2D eigenvalue weighted by Gasteiger charge is -2.22. The Hall–Kier alpha value is -1.58. The van der Waals surface area contributed by atoms with E-state index in [0.717, 1.165) is 12.8 Å². The largest absolute Gasteiger partial charge is 0.459 e. The Morgan fingerprint density at radius 2 is 1.88 bits per heavy atom. The van der Waals surface area contributed by atoms with E-state index in [-0.39, 0.29) is 12.1 Å². The van der Waals surface area contributed by atoms with Crippen LogP contribution in [-0.2, 0) is 9.53 Å². The zero-order valence-corrected chi connectivity index (χ0v) is 15.7. The molecule has 0 aliphatic carbocycles. The standard InChI is InChI=1S/C20H34N2O2/c1-5-6-7-8-9-10-11-12-19(22-14-13-21-16-22)15-18(4)24-20(23)17(2)3/h13-14,16,18-19H,2,5-12,15H2,1,3-4H3. The lowest BCUT2D eigenvalue weighted by molar-refractivity contribution is -0.144. The highest BCUT2D eigenvalue weighted by Crippen LogP contribution is 2.23. The fourth-order valence-electron chi connectivity index (χ4n) is 2.93. The Labute approximate surface area is 147 Å². The molecule has 0 saturated carbocycles. The number of esters is 1. The van der Waals surface area contributed by atoms with Gasteiger partial charge in [0.1, 0.15) is 6.10 Å². The zero-order chi connectivity index (χ0) is 17.8. The maximum Gasteiger partial charge on any atom is 0.333 e. The van der Waals surface area contributed by atoms with Gasteiger partial charge in [0.2, 0.25) is 0 Å². The summed E-state index contributed by atoms with van der Waals surface area (Å²) >= 11 is 0. The third kappa shape index (κ3) is 8.32. The van der Waals surface area contributed by atoms with Crippen LogP contribution in [0.15, 0.2) is 30.9 Å². The summed E-state index contributed by atoms with van der Waals surface area (Å²) in [7, 11) is 0. The molecule has 0 aliphatic heterocycles. The Balaban J connectivity index is 2.39. The minimum Gasteiger partial charge on any atom is -0.459 e. The quantitative estimate of drug-likeness (QED) is 0.273. The SMILES string of the molecule is C=C(C)C(=O)OC(C)CC(CCCCCCCCC)n1ccnc1. The number of ether oxygens (including phenoxy) is 1. The molecule has 136 valence electrons. The zero-order valence-electron chi connectivity index (χ0n) is 15.7. The van der Waals surface area contributed by atoms with Gasteiger partial charge in [0, 0.05) is 30.4 Å². The van der Waals surface area contributed by atoms with Crippen LogP contribution in [0.4, 0.5) is 0 Å². The van der Waals surface area contributed by atoms with Crippen molar-refractivity contribution in [2.24, 2.45) is 0 Å². The molecule has 1 rings (SSSR count). The van der Waals surface area contributed by atoms with Gasteiger partial charge in [0.05, 0.1) is 6.33 Å². The van der Waals surface area contributed by atoms with Gasteiger partial charge >= 0.3 is 5.97 Å². The minimum absolute atomic E-state index is 0.119. The van der Waals surface area contributed by atoms with Gasteiger partial charge < -0.3 is 9.30 Å². The molecule has 1 aromatic rings. The molecular weight excluding hydrogens is 300 g/mol. The fourth-order valence-corrected chi connectivity index (χ4v) is 2.93. The Kier molecular flexibility index (Phi) is 10.1. The second-order valence-corrected chi connectivity index (χ2v) is 6.81. The van der Waals surface area contributed by atoms with Crippen LogP contribution < -0.4 is 0 Å². The van der Waals surface area contributed by atoms with Crippen molar-refractivity contribution < 1.29 is 9.53 Å². The molecular formula is C20H34N2O2. The van der Waals surface area contributed by atoms with Gasteiger partial charge in [-0.15, -0.1) is 0 Å². The molecule has 0 saturated heterocycles. The lowest BCUT2D eigenvalue weighted by atomic mass is 10.0. The Morgan fingerprint density at radius 1 is 1.21 bits per heavy atom. The molecule has 1 aromatic heterocycles. The first-order valence-electron chi connectivity index (χ1n) is 9.38. The number of nitrogens with zero attached hydrogens (tertiary/aromatic N) is 2. The molecule has 1 heterocycles. The number of carbonyl (C=O) groups is 1. The number of hydrogen-bond donors (Lipinski definition) is 0. The van der Waals surface area contributed by atoms with Crippen molar-refractivity contribution >= 4 is 5.97 Å². The summed E-state index contributed by atoms with van der Waals surface area (Å²) in [6.07, 6.45) is 16.6. The molecule has 0 aromatic carbocycles. The van der Waals surface area contributed by atoms with Crippen LogP contribution >= 0.6 is 0 Å². The molecule has 0 N–H and O–H groups in total. The summed E-state index contributed by atoms with van der Waals surface area (Å²) in [6, 6.07) is 0.330. The highest BCUT2D eigenvalue weighted by atomic mass is 16.5. The van der Waals surface area contributed by atoms with Crippen LogP contribution in [0.3, 0.4) is 0 Å².